The summed E-state index contributed by atoms with van der Waals surface area (Å²) in [6.07, 6.45) is 0.904. The van der Waals surface area contributed by atoms with Crippen molar-refractivity contribution < 1.29 is 5.11 Å². The second kappa shape index (κ2) is 4.52. The van der Waals surface area contributed by atoms with E-state index in [1.54, 1.807) is 17.8 Å². The zero-order valence-corrected chi connectivity index (χ0v) is 10.6. The fraction of sp³-hybridized carbons (Fsp3) is 0.0667. The molecule has 0 radical (unpaired) electrons. The van der Waals surface area contributed by atoms with Crippen LogP contribution in [0.2, 0.25) is 0 Å². The van der Waals surface area contributed by atoms with Crippen LogP contribution in [-0.2, 0) is 0 Å². The number of rotatable bonds is 2. The highest BCUT2D eigenvalue weighted by atomic mass is 32.2. The molecule has 1 heterocycles. The Balaban J connectivity index is 2.10. The smallest absolute Gasteiger partial charge is 0.0989 e. The third-order valence-electron chi connectivity index (χ3n) is 2.97. The number of aliphatic hydroxyl groups is 1. The Hall–Kier alpha value is -1.71. The molecule has 1 unspecified atom stereocenters. The van der Waals surface area contributed by atoms with E-state index in [0.29, 0.717) is 0 Å². The van der Waals surface area contributed by atoms with Gasteiger partial charge in [-0.3, -0.25) is 0 Å². The molecular formula is C15H13NOS. The largest absolute Gasteiger partial charge is 0.384 e. The van der Waals surface area contributed by atoms with E-state index >= 15 is 0 Å². The topological polar surface area (TPSA) is 32.3 Å². The van der Waals surface area contributed by atoms with Gasteiger partial charge in [0.15, 0.2) is 0 Å². The average Bonchev–Trinajstić information content (AvgIpc) is 2.43. The SMILES string of the molecule is C=CC(O)c1cccc2c1Nc1ccccc1S2. The lowest BCUT2D eigenvalue weighted by Crippen LogP contribution is -2.05. The Morgan fingerprint density at radius 2 is 1.89 bits per heavy atom. The molecule has 1 atom stereocenters. The predicted molar refractivity (Wildman–Crippen MR) is 75.4 cm³/mol. The van der Waals surface area contributed by atoms with Gasteiger partial charge in [-0.25, -0.2) is 0 Å². The maximum Gasteiger partial charge on any atom is 0.0989 e. The normalized spacial score (nSPS) is 14.1. The molecule has 1 aliphatic heterocycles. The summed E-state index contributed by atoms with van der Waals surface area (Å²) in [5, 5.41) is 13.4. The highest BCUT2D eigenvalue weighted by Crippen LogP contribution is 2.46. The van der Waals surface area contributed by atoms with Crippen LogP contribution in [0.3, 0.4) is 0 Å². The molecular weight excluding hydrogens is 242 g/mol. The maximum atomic E-state index is 9.97. The lowest BCUT2D eigenvalue weighted by Gasteiger charge is -2.24. The van der Waals surface area contributed by atoms with E-state index in [-0.39, 0.29) is 0 Å². The molecule has 1 aliphatic rings. The van der Waals surface area contributed by atoms with Crippen LogP contribution in [0, 0.1) is 0 Å². The Labute approximate surface area is 110 Å². The van der Waals surface area contributed by atoms with Gasteiger partial charge in [-0.05, 0) is 18.2 Å². The van der Waals surface area contributed by atoms with Crippen molar-refractivity contribution in [2.24, 2.45) is 0 Å². The Kier molecular flexibility index (Phi) is 2.86. The zero-order chi connectivity index (χ0) is 12.5. The predicted octanol–water partition coefficient (Wildman–Crippen LogP) is 4.11. The van der Waals surface area contributed by atoms with Crippen molar-refractivity contribution in [1.82, 2.24) is 0 Å². The Bertz CT molecular complexity index is 609. The van der Waals surface area contributed by atoms with Crippen molar-refractivity contribution in [3.05, 3.63) is 60.7 Å². The number of aliphatic hydroxyl groups excluding tert-OH is 1. The highest BCUT2D eigenvalue weighted by molar-refractivity contribution is 7.99. The van der Waals surface area contributed by atoms with Gasteiger partial charge in [-0.15, -0.1) is 6.58 Å². The number of benzene rings is 2. The van der Waals surface area contributed by atoms with Gasteiger partial charge in [-0.1, -0.05) is 42.1 Å². The number of nitrogens with one attached hydrogen (secondary N) is 1. The number of fused-ring (bicyclic) bond motifs is 2. The summed E-state index contributed by atoms with van der Waals surface area (Å²) in [7, 11) is 0. The molecule has 0 amide bonds. The van der Waals surface area contributed by atoms with Crippen LogP contribution in [0.25, 0.3) is 0 Å². The van der Waals surface area contributed by atoms with E-state index in [1.165, 1.54) is 4.90 Å². The molecule has 0 saturated heterocycles. The summed E-state index contributed by atoms with van der Waals surface area (Å²) in [6.45, 7) is 3.65. The van der Waals surface area contributed by atoms with Gasteiger partial charge in [0.1, 0.15) is 0 Å². The minimum absolute atomic E-state index is 0.640. The van der Waals surface area contributed by atoms with Gasteiger partial charge in [0.05, 0.1) is 17.5 Å². The summed E-state index contributed by atoms with van der Waals surface area (Å²) < 4.78 is 0. The summed E-state index contributed by atoms with van der Waals surface area (Å²) >= 11 is 1.72. The molecule has 0 saturated carbocycles. The summed E-state index contributed by atoms with van der Waals surface area (Å²) in [4.78, 5) is 2.34. The molecule has 2 N–H and O–H groups in total. The van der Waals surface area contributed by atoms with Gasteiger partial charge >= 0.3 is 0 Å². The maximum absolute atomic E-state index is 9.97. The van der Waals surface area contributed by atoms with E-state index in [9.17, 15) is 5.11 Å². The zero-order valence-electron chi connectivity index (χ0n) is 9.76. The standard InChI is InChI=1S/C15H13NOS/c1-2-12(17)10-6-5-9-14-15(10)16-11-7-3-4-8-13(11)18-14/h2-9,12,16-17H,1H2. The third-order valence-corrected chi connectivity index (χ3v) is 4.10. The molecule has 0 aliphatic carbocycles. The van der Waals surface area contributed by atoms with Crippen LogP contribution in [-0.4, -0.2) is 5.11 Å². The van der Waals surface area contributed by atoms with Gasteiger partial charge in [-0.2, -0.15) is 0 Å². The van der Waals surface area contributed by atoms with E-state index in [4.69, 9.17) is 0 Å². The van der Waals surface area contributed by atoms with E-state index < -0.39 is 6.10 Å². The van der Waals surface area contributed by atoms with Crippen molar-refractivity contribution in [2.45, 2.75) is 15.9 Å². The molecule has 0 fully saturated rings. The third kappa shape index (κ3) is 1.82. The molecule has 0 spiro atoms. The van der Waals surface area contributed by atoms with Crippen molar-refractivity contribution in [3.63, 3.8) is 0 Å². The highest BCUT2D eigenvalue weighted by Gasteiger charge is 2.19. The van der Waals surface area contributed by atoms with Gasteiger partial charge in [0.25, 0.3) is 0 Å². The van der Waals surface area contributed by atoms with Gasteiger partial charge < -0.3 is 10.4 Å². The molecule has 18 heavy (non-hydrogen) atoms. The lowest BCUT2D eigenvalue weighted by molar-refractivity contribution is 0.229. The number of para-hydroxylation sites is 2. The fourth-order valence-corrected chi connectivity index (χ4v) is 3.08. The van der Waals surface area contributed by atoms with Crippen LogP contribution in [0.1, 0.15) is 11.7 Å². The molecule has 3 heteroatoms. The lowest BCUT2D eigenvalue weighted by atomic mass is 10.1. The van der Waals surface area contributed by atoms with Gasteiger partial charge in [0.2, 0.25) is 0 Å². The molecule has 2 aromatic rings. The van der Waals surface area contributed by atoms with Crippen LogP contribution in [0.15, 0.2) is 64.9 Å². The molecule has 90 valence electrons. The molecule has 2 nitrogen and oxygen atoms in total. The Morgan fingerprint density at radius 3 is 2.72 bits per heavy atom. The van der Waals surface area contributed by atoms with E-state index in [0.717, 1.165) is 21.8 Å². The first-order valence-corrected chi connectivity index (χ1v) is 6.58. The quantitative estimate of drug-likeness (QED) is 0.676. The first-order valence-electron chi connectivity index (χ1n) is 5.77. The first-order chi connectivity index (χ1) is 8.79. The van der Waals surface area contributed by atoms with Gasteiger partial charge in [0, 0.05) is 15.4 Å². The van der Waals surface area contributed by atoms with Crippen LogP contribution in [0.5, 0.6) is 0 Å². The summed E-state index contributed by atoms with van der Waals surface area (Å²) in [5.41, 5.74) is 2.93. The number of hydrogen-bond acceptors (Lipinski definition) is 3. The second-order valence-corrected chi connectivity index (χ2v) is 5.21. The minimum atomic E-state index is -0.640. The van der Waals surface area contributed by atoms with Crippen LogP contribution in [0.4, 0.5) is 11.4 Å². The van der Waals surface area contributed by atoms with Crippen LogP contribution < -0.4 is 5.32 Å². The average molecular weight is 255 g/mol. The van der Waals surface area contributed by atoms with E-state index in [1.807, 2.05) is 30.3 Å². The molecule has 3 rings (SSSR count). The minimum Gasteiger partial charge on any atom is -0.384 e. The number of hydrogen-bond donors (Lipinski definition) is 2. The Morgan fingerprint density at radius 1 is 1.11 bits per heavy atom. The number of anilines is 2. The fourth-order valence-electron chi connectivity index (χ4n) is 2.05. The van der Waals surface area contributed by atoms with Crippen molar-refractivity contribution >= 4 is 23.1 Å². The van der Waals surface area contributed by atoms with Crippen molar-refractivity contribution in [3.8, 4) is 0 Å². The van der Waals surface area contributed by atoms with Crippen molar-refractivity contribution in [1.29, 1.82) is 0 Å². The molecule has 2 aromatic carbocycles. The molecule has 0 bridgehead atoms. The van der Waals surface area contributed by atoms with E-state index in [2.05, 4.69) is 24.0 Å². The summed E-state index contributed by atoms with van der Waals surface area (Å²) in [5.74, 6) is 0. The molecule has 0 aromatic heterocycles. The monoisotopic (exact) mass is 255 g/mol. The first kappa shape index (κ1) is 11.4. The summed E-state index contributed by atoms with van der Waals surface area (Å²) in [6, 6.07) is 14.1. The van der Waals surface area contributed by atoms with Crippen LogP contribution >= 0.6 is 11.8 Å². The van der Waals surface area contributed by atoms with Crippen molar-refractivity contribution in [2.75, 3.05) is 5.32 Å². The second-order valence-electron chi connectivity index (χ2n) is 4.12.